The lowest BCUT2D eigenvalue weighted by molar-refractivity contribution is -0.136. The summed E-state index contributed by atoms with van der Waals surface area (Å²) < 4.78 is 39.6. The molecule has 0 aliphatic rings. The third-order valence-corrected chi connectivity index (χ3v) is 3.94. The number of carbonyl (C=O) groups excluding carboxylic acids is 1. The van der Waals surface area contributed by atoms with Gasteiger partial charge in [-0.1, -0.05) is 45.7 Å². The van der Waals surface area contributed by atoms with Crippen molar-refractivity contribution in [3.8, 4) is 0 Å². The van der Waals surface area contributed by atoms with Crippen LogP contribution in [0.3, 0.4) is 0 Å². The van der Waals surface area contributed by atoms with Gasteiger partial charge in [0.05, 0.1) is 11.3 Å². The van der Waals surface area contributed by atoms with Crippen LogP contribution in [-0.4, -0.2) is 6.03 Å². The van der Waals surface area contributed by atoms with Crippen LogP contribution in [-0.2, 0) is 12.7 Å². The third-order valence-electron chi connectivity index (χ3n) is 2.93. The van der Waals surface area contributed by atoms with Gasteiger partial charge in [0.1, 0.15) is 0 Å². The fraction of sp³-hybridized carbons (Fsp3) is 0.133. The van der Waals surface area contributed by atoms with Crippen LogP contribution in [0.5, 0.6) is 0 Å². The summed E-state index contributed by atoms with van der Waals surface area (Å²) in [4.78, 5) is 11.8. The SMILES string of the molecule is O=C(NCc1ccccc1Br)Nc1ccc(Cl)cc1C(F)(F)F. The second-order valence-corrected chi connectivity index (χ2v) is 5.88. The van der Waals surface area contributed by atoms with Crippen molar-refractivity contribution in [2.45, 2.75) is 12.7 Å². The van der Waals surface area contributed by atoms with Gasteiger partial charge in [-0.25, -0.2) is 4.79 Å². The number of benzene rings is 2. The number of alkyl halides is 3. The molecule has 8 heteroatoms. The van der Waals surface area contributed by atoms with Crippen LogP contribution < -0.4 is 10.6 Å². The first kappa shape index (κ1) is 17.6. The summed E-state index contributed by atoms with van der Waals surface area (Å²) in [5.41, 5.74) is -0.553. The Morgan fingerprint density at radius 1 is 1.17 bits per heavy atom. The highest BCUT2D eigenvalue weighted by Crippen LogP contribution is 2.36. The molecule has 2 aromatic rings. The summed E-state index contributed by atoms with van der Waals surface area (Å²) in [7, 11) is 0. The molecule has 2 rings (SSSR count). The molecule has 0 saturated heterocycles. The Hall–Kier alpha value is -1.73. The van der Waals surface area contributed by atoms with Gasteiger partial charge in [-0.05, 0) is 29.8 Å². The minimum Gasteiger partial charge on any atom is -0.334 e. The smallest absolute Gasteiger partial charge is 0.334 e. The number of rotatable bonds is 3. The quantitative estimate of drug-likeness (QED) is 0.698. The van der Waals surface area contributed by atoms with E-state index in [0.717, 1.165) is 22.2 Å². The summed E-state index contributed by atoms with van der Waals surface area (Å²) >= 11 is 8.91. The zero-order valence-corrected chi connectivity index (χ0v) is 13.9. The maximum atomic E-state index is 12.9. The second kappa shape index (κ2) is 7.23. The van der Waals surface area contributed by atoms with E-state index in [2.05, 4.69) is 26.6 Å². The lowest BCUT2D eigenvalue weighted by Gasteiger charge is -2.15. The molecule has 0 aliphatic carbocycles. The number of amides is 2. The van der Waals surface area contributed by atoms with Crippen LogP contribution in [0.4, 0.5) is 23.7 Å². The highest BCUT2D eigenvalue weighted by Gasteiger charge is 2.34. The van der Waals surface area contributed by atoms with E-state index in [1.165, 1.54) is 6.07 Å². The Balaban J connectivity index is 2.08. The Morgan fingerprint density at radius 3 is 2.52 bits per heavy atom. The van der Waals surface area contributed by atoms with Gasteiger partial charge in [-0.3, -0.25) is 0 Å². The van der Waals surface area contributed by atoms with Gasteiger partial charge in [0.25, 0.3) is 0 Å². The fourth-order valence-electron chi connectivity index (χ4n) is 1.84. The molecule has 0 bridgehead atoms. The van der Waals surface area contributed by atoms with Gasteiger partial charge in [0.15, 0.2) is 0 Å². The average molecular weight is 408 g/mol. The van der Waals surface area contributed by atoms with Crippen LogP contribution in [0.1, 0.15) is 11.1 Å². The van der Waals surface area contributed by atoms with Gasteiger partial charge >= 0.3 is 12.2 Å². The maximum Gasteiger partial charge on any atom is 0.418 e. The molecule has 2 amide bonds. The molecule has 0 aliphatic heterocycles. The van der Waals surface area contributed by atoms with Crippen molar-refractivity contribution < 1.29 is 18.0 Å². The Labute approximate surface area is 144 Å². The van der Waals surface area contributed by atoms with E-state index in [4.69, 9.17) is 11.6 Å². The molecule has 0 radical (unpaired) electrons. The van der Waals surface area contributed by atoms with Crippen molar-refractivity contribution >= 4 is 39.2 Å². The van der Waals surface area contributed by atoms with Gasteiger partial charge in [0, 0.05) is 16.0 Å². The van der Waals surface area contributed by atoms with E-state index in [9.17, 15) is 18.0 Å². The van der Waals surface area contributed by atoms with Crippen molar-refractivity contribution in [3.63, 3.8) is 0 Å². The molecule has 0 spiro atoms. The van der Waals surface area contributed by atoms with Crippen molar-refractivity contribution in [2.75, 3.05) is 5.32 Å². The number of nitrogens with one attached hydrogen (secondary N) is 2. The van der Waals surface area contributed by atoms with E-state index in [0.29, 0.717) is 0 Å². The van der Waals surface area contributed by atoms with Crippen molar-refractivity contribution in [3.05, 3.63) is 63.1 Å². The summed E-state index contributed by atoms with van der Waals surface area (Å²) in [5.74, 6) is 0. The van der Waals surface area contributed by atoms with Crippen LogP contribution in [0.2, 0.25) is 5.02 Å². The standard InChI is InChI=1S/C15H11BrClF3N2O/c16-12-4-2-1-3-9(12)8-21-14(23)22-13-6-5-10(17)7-11(13)15(18,19)20/h1-7H,8H2,(H2,21,22,23). The van der Waals surface area contributed by atoms with Crippen molar-refractivity contribution in [1.82, 2.24) is 5.32 Å². The van der Waals surface area contributed by atoms with Crippen molar-refractivity contribution in [1.29, 1.82) is 0 Å². The number of hydrogen-bond donors (Lipinski definition) is 2. The fourth-order valence-corrected chi connectivity index (χ4v) is 2.44. The monoisotopic (exact) mass is 406 g/mol. The molecule has 0 atom stereocenters. The largest absolute Gasteiger partial charge is 0.418 e. The maximum absolute atomic E-state index is 12.9. The summed E-state index contributed by atoms with van der Waals surface area (Å²) in [6, 6.07) is 9.61. The molecule has 122 valence electrons. The third kappa shape index (κ3) is 4.87. The van der Waals surface area contributed by atoms with Gasteiger partial charge in [-0.2, -0.15) is 13.2 Å². The molecule has 0 saturated carbocycles. The lowest BCUT2D eigenvalue weighted by Crippen LogP contribution is -2.29. The molecular weight excluding hydrogens is 397 g/mol. The predicted molar refractivity (Wildman–Crippen MR) is 86.5 cm³/mol. The zero-order chi connectivity index (χ0) is 17.0. The second-order valence-electron chi connectivity index (χ2n) is 4.59. The van der Waals surface area contributed by atoms with Gasteiger partial charge in [0.2, 0.25) is 0 Å². The number of carbonyl (C=O) groups is 1. The van der Waals surface area contributed by atoms with Crippen molar-refractivity contribution in [2.24, 2.45) is 0 Å². The number of halogens is 5. The summed E-state index contributed by atoms with van der Waals surface area (Å²) in [6.45, 7) is 0.169. The number of urea groups is 1. The normalized spacial score (nSPS) is 11.2. The first-order chi connectivity index (χ1) is 10.8. The van der Waals surface area contributed by atoms with E-state index < -0.39 is 17.8 Å². The van der Waals surface area contributed by atoms with E-state index >= 15 is 0 Å². The van der Waals surface area contributed by atoms with E-state index in [1.807, 2.05) is 6.07 Å². The minimum atomic E-state index is -4.62. The van der Waals surface area contributed by atoms with E-state index in [-0.39, 0.29) is 17.3 Å². The summed E-state index contributed by atoms with van der Waals surface area (Å²) in [6.07, 6.45) is -4.62. The Bertz CT molecular complexity index is 722. The zero-order valence-electron chi connectivity index (χ0n) is 11.5. The molecule has 3 nitrogen and oxygen atoms in total. The molecule has 23 heavy (non-hydrogen) atoms. The van der Waals surface area contributed by atoms with Crippen LogP contribution in [0.15, 0.2) is 46.9 Å². The Kier molecular flexibility index (Phi) is 5.54. The lowest BCUT2D eigenvalue weighted by atomic mass is 10.1. The first-order valence-corrected chi connectivity index (χ1v) is 7.59. The van der Waals surface area contributed by atoms with Crippen LogP contribution in [0, 0.1) is 0 Å². The topological polar surface area (TPSA) is 41.1 Å². The average Bonchev–Trinajstić information content (AvgIpc) is 2.47. The molecule has 0 aromatic heterocycles. The first-order valence-electron chi connectivity index (χ1n) is 6.42. The van der Waals surface area contributed by atoms with Gasteiger partial charge < -0.3 is 10.6 Å². The van der Waals surface area contributed by atoms with Crippen LogP contribution in [0.25, 0.3) is 0 Å². The summed E-state index contributed by atoms with van der Waals surface area (Å²) in [5, 5.41) is 4.63. The number of hydrogen-bond acceptors (Lipinski definition) is 1. The molecule has 0 fully saturated rings. The molecule has 2 aromatic carbocycles. The Morgan fingerprint density at radius 2 is 1.87 bits per heavy atom. The highest BCUT2D eigenvalue weighted by molar-refractivity contribution is 9.10. The minimum absolute atomic E-state index is 0.0588. The van der Waals surface area contributed by atoms with Gasteiger partial charge in [-0.15, -0.1) is 0 Å². The highest BCUT2D eigenvalue weighted by atomic mass is 79.9. The van der Waals surface area contributed by atoms with E-state index in [1.54, 1.807) is 18.2 Å². The molecular formula is C15H11BrClF3N2O. The molecule has 0 heterocycles. The predicted octanol–water partition coefficient (Wildman–Crippen LogP) is 5.44. The molecule has 0 unspecified atom stereocenters. The number of anilines is 1. The molecule has 2 N–H and O–H groups in total. The van der Waals surface area contributed by atoms with Crippen LogP contribution >= 0.6 is 27.5 Å².